The Kier molecular flexibility index (Phi) is 9.73. The lowest BCUT2D eigenvalue weighted by molar-refractivity contribution is -0.113. The van der Waals surface area contributed by atoms with Crippen molar-refractivity contribution in [3.63, 3.8) is 0 Å². The van der Waals surface area contributed by atoms with Crippen LogP contribution in [0, 0.1) is 5.82 Å². The number of nitrogens with one attached hydrogen (secondary N) is 1. The van der Waals surface area contributed by atoms with Crippen molar-refractivity contribution in [1.82, 2.24) is 0 Å². The number of thioether (sulfide) groups is 1. The fourth-order valence-corrected chi connectivity index (χ4v) is 6.45. The second kappa shape index (κ2) is 13.5. The van der Waals surface area contributed by atoms with E-state index >= 15 is 0 Å². The van der Waals surface area contributed by atoms with Crippen LogP contribution >= 0.6 is 63.1 Å². The molecule has 0 radical (unpaired) electrons. The Hall–Kier alpha value is -3.41. The molecule has 1 aliphatic heterocycles. The first-order chi connectivity index (χ1) is 20.6. The molecule has 2 amide bonds. The van der Waals surface area contributed by atoms with E-state index in [1.54, 1.807) is 60.7 Å². The third-order valence-electron chi connectivity index (χ3n) is 6.20. The summed E-state index contributed by atoms with van der Waals surface area (Å²) in [7, 11) is 1.52. The molecule has 0 atom stereocenters. The third-order valence-corrected chi connectivity index (χ3v) is 8.68. The number of halogens is 4. The summed E-state index contributed by atoms with van der Waals surface area (Å²) in [4.78, 5) is 28.1. The molecule has 5 rings (SSSR count). The number of carbonyl (C=O) groups is 2. The number of thiocarbonyl (C=S) groups is 1. The molecular weight excluding hydrogens is 698 g/mol. The number of carbonyl (C=O) groups excluding carboxylic acids is 2. The Morgan fingerprint density at radius 1 is 1.09 bits per heavy atom. The van der Waals surface area contributed by atoms with Crippen LogP contribution in [0.4, 0.5) is 15.8 Å². The van der Waals surface area contributed by atoms with E-state index in [-0.39, 0.29) is 12.5 Å². The van der Waals surface area contributed by atoms with Gasteiger partial charge in [-0.05, 0) is 94.3 Å². The van der Waals surface area contributed by atoms with Crippen LogP contribution in [-0.2, 0) is 11.4 Å². The molecule has 1 heterocycles. The summed E-state index contributed by atoms with van der Waals surface area (Å²) in [5.74, 6) is -0.238. The van der Waals surface area contributed by atoms with Gasteiger partial charge in [0, 0.05) is 26.9 Å². The summed E-state index contributed by atoms with van der Waals surface area (Å²) in [6.07, 6.45) is 1.71. The average molecular weight is 718 g/mol. The number of rotatable bonds is 8. The van der Waals surface area contributed by atoms with Gasteiger partial charge in [-0.3, -0.25) is 14.5 Å². The maximum atomic E-state index is 13.5. The third kappa shape index (κ3) is 7.22. The molecule has 1 fully saturated rings. The van der Waals surface area contributed by atoms with Crippen LogP contribution < -0.4 is 19.7 Å². The van der Waals surface area contributed by atoms with E-state index in [2.05, 4.69) is 21.2 Å². The van der Waals surface area contributed by atoms with E-state index in [0.717, 1.165) is 17.3 Å². The van der Waals surface area contributed by atoms with E-state index in [4.69, 9.17) is 44.9 Å². The SMILES string of the molecule is COc1cc(/C=C2/SC(=S)N(c3cccc(C(=O)Nc4ccc(F)cc4)c3)C2=O)cc(Br)c1OCc1ccc(Cl)cc1Cl. The summed E-state index contributed by atoms with van der Waals surface area (Å²) in [5, 5.41) is 3.73. The van der Waals surface area contributed by atoms with Crippen LogP contribution in [-0.4, -0.2) is 23.2 Å². The van der Waals surface area contributed by atoms with E-state index < -0.39 is 11.7 Å². The Morgan fingerprint density at radius 3 is 2.58 bits per heavy atom. The first-order valence-electron chi connectivity index (χ1n) is 12.5. The van der Waals surface area contributed by atoms with Crippen LogP contribution in [0.2, 0.25) is 10.0 Å². The van der Waals surface area contributed by atoms with E-state index in [1.165, 1.54) is 36.3 Å². The van der Waals surface area contributed by atoms with Crippen molar-refractivity contribution in [1.29, 1.82) is 0 Å². The van der Waals surface area contributed by atoms with Crippen LogP contribution in [0.1, 0.15) is 21.5 Å². The predicted molar refractivity (Wildman–Crippen MR) is 178 cm³/mol. The van der Waals surface area contributed by atoms with Gasteiger partial charge in [0.1, 0.15) is 12.4 Å². The number of anilines is 2. The fraction of sp³-hybridized carbons (Fsp3) is 0.0645. The molecule has 218 valence electrons. The monoisotopic (exact) mass is 716 g/mol. The van der Waals surface area contributed by atoms with Gasteiger partial charge in [0.2, 0.25) is 0 Å². The summed E-state index contributed by atoms with van der Waals surface area (Å²) in [5.41, 5.74) is 2.63. The zero-order chi connectivity index (χ0) is 30.7. The smallest absolute Gasteiger partial charge is 0.270 e. The van der Waals surface area contributed by atoms with Crippen LogP contribution in [0.3, 0.4) is 0 Å². The molecule has 1 aliphatic rings. The molecule has 0 spiro atoms. The Morgan fingerprint density at radius 2 is 1.86 bits per heavy atom. The van der Waals surface area contributed by atoms with Crippen molar-refractivity contribution in [3.8, 4) is 11.5 Å². The standard InChI is InChI=1S/C31H20BrCl2FN2O4S2/c1-40-26-12-17(11-24(32)28(26)41-16-19-5-6-20(33)15-25(19)34)13-27-30(39)37(31(42)43-27)23-4-2-3-18(14-23)29(38)36-22-9-7-21(35)8-10-22/h2-15H,16H2,1H3,(H,36,38)/b27-13+. The topological polar surface area (TPSA) is 67.9 Å². The first kappa shape index (κ1) is 31.0. The molecule has 12 heteroatoms. The van der Waals surface area contributed by atoms with Crippen LogP contribution in [0.25, 0.3) is 6.08 Å². The maximum Gasteiger partial charge on any atom is 0.270 e. The van der Waals surface area contributed by atoms with Crippen LogP contribution in [0.5, 0.6) is 11.5 Å². The van der Waals surface area contributed by atoms with Gasteiger partial charge in [0.25, 0.3) is 11.8 Å². The van der Waals surface area contributed by atoms with E-state index in [9.17, 15) is 14.0 Å². The summed E-state index contributed by atoms with van der Waals surface area (Å²) in [6, 6.07) is 20.7. The molecule has 1 saturated heterocycles. The van der Waals surface area contributed by atoms with E-state index in [1.807, 2.05) is 0 Å². The molecule has 0 unspecified atom stereocenters. The minimum absolute atomic E-state index is 0.184. The molecule has 0 bridgehead atoms. The summed E-state index contributed by atoms with van der Waals surface area (Å²) < 4.78 is 25.7. The molecule has 4 aromatic carbocycles. The molecule has 43 heavy (non-hydrogen) atoms. The summed E-state index contributed by atoms with van der Waals surface area (Å²) >= 11 is 22.5. The van der Waals surface area contributed by atoms with Crippen molar-refractivity contribution >= 4 is 96.7 Å². The molecule has 0 saturated carbocycles. The molecule has 4 aromatic rings. The second-order valence-electron chi connectivity index (χ2n) is 9.09. The van der Waals surface area contributed by atoms with Crippen molar-refractivity contribution in [2.24, 2.45) is 0 Å². The van der Waals surface area contributed by atoms with Gasteiger partial charge in [-0.1, -0.05) is 59.3 Å². The van der Waals surface area contributed by atoms with Crippen LogP contribution in [0.15, 0.2) is 88.2 Å². The van der Waals surface area contributed by atoms with Gasteiger partial charge in [-0.15, -0.1) is 0 Å². The molecule has 6 nitrogen and oxygen atoms in total. The Bertz CT molecular complexity index is 1790. The number of methoxy groups -OCH3 is 1. The predicted octanol–water partition coefficient (Wildman–Crippen LogP) is 9.14. The fourth-order valence-electron chi connectivity index (χ4n) is 4.12. The molecule has 0 aliphatic carbocycles. The number of amides is 2. The lowest BCUT2D eigenvalue weighted by Crippen LogP contribution is -2.27. The average Bonchev–Trinajstić information content (AvgIpc) is 3.26. The van der Waals surface area contributed by atoms with Crippen molar-refractivity contribution in [2.45, 2.75) is 6.61 Å². The highest BCUT2D eigenvalue weighted by Gasteiger charge is 2.33. The van der Waals surface area contributed by atoms with Gasteiger partial charge in [0.15, 0.2) is 15.8 Å². The lowest BCUT2D eigenvalue weighted by atomic mass is 10.1. The number of hydrogen-bond donors (Lipinski definition) is 1. The number of nitrogens with zero attached hydrogens (tertiary/aromatic N) is 1. The normalized spacial score (nSPS) is 13.9. The van der Waals surface area contributed by atoms with Gasteiger partial charge in [0.05, 0.1) is 22.2 Å². The minimum Gasteiger partial charge on any atom is -0.493 e. The van der Waals surface area contributed by atoms with E-state index in [0.29, 0.717) is 57.7 Å². The lowest BCUT2D eigenvalue weighted by Gasteiger charge is -2.16. The molecular formula is C31H20BrCl2FN2O4S2. The van der Waals surface area contributed by atoms with Gasteiger partial charge < -0.3 is 14.8 Å². The first-order valence-corrected chi connectivity index (χ1v) is 15.3. The quantitative estimate of drug-likeness (QED) is 0.145. The zero-order valence-corrected chi connectivity index (χ0v) is 26.9. The van der Waals surface area contributed by atoms with Gasteiger partial charge >= 0.3 is 0 Å². The molecule has 1 N–H and O–H groups in total. The van der Waals surface area contributed by atoms with Gasteiger partial charge in [-0.25, -0.2) is 4.39 Å². The van der Waals surface area contributed by atoms with Crippen molar-refractivity contribution < 1.29 is 23.5 Å². The Balaban J connectivity index is 1.34. The number of hydrogen-bond acceptors (Lipinski definition) is 6. The maximum absolute atomic E-state index is 13.5. The molecule has 0 aromatic heterocycles. The minimum atomic E-state index is -0.410. The largest absolute Gasteiger partial charge is 0.493 e. The number of ether oxygens (including phenoxy) is 2. The van der Waals surface area contributed by atoms with Crippen molar-refractivity contribution in [3.05, 3.63) is 121 Å². The zero-order valence-electron chi connectivity index (χ0n) is 22.2. The highest BCUT2D eigenvalue weighted by molar-refractivity contribution is 9.10. The van der Waals surface area contributed by atoms with Crippen molar-refractivity contribution in [2.75, 3.05) is 17.3 Å². The van der Waals surface area contributed by atoms with Gasteiger partial charge in [-0.2, -0.15) is 0 Å². The highest BCUT2D eigenvalue weighted by Crippen LogP contribution is 2.41. The highest BCUT2D eigenvalue weighted by atomic mass is 79.9. The Labute approximate surface area is 274 Å². The summed E-state index contributed by atoms with van der Waals surface area (Å²) in [6.45, 7) is 0.184. The number of benzene rings is 4. The second-order valence-corrected chi connectivity index (χ2v) is 12.5.